The Hall–Kier alpha value is -2.07. The molecule has 23 heavy (non-hydrogen) atoms. The number of amides is 1. The third-order valence-electron chi connectivity index (χ3n) is 3.58. The Labute approximate surface area is 142 Å². The summed E-state index contributed by atoms with van der Waals surface area (Å²) in [5.74, 6) is -0.0997. The van der Waals surface area contributed by atoms with E-state index in [9.17, 15) is 4.79 Å². The number of benzene rings is 1. The van der Waals surface area contributed by atoms with Crippen molar-refractivity contribution in [2.24, 2.45) is 0 Å². The maximum Gasteiger partial charge on any atom is 0.259 e. The maximum absolute atomic E-state index is 12.8. The predicted octanol–water partition coefficient (Wildman–Crippen LogP) is 3.93. The molecule has 1 aromatic heterocycles. The van der Waals surface area contributed by atoms with Crippen molar-refractivity contribution in [1.29, 1.82) is 0 Å². The number of aromatic nitrogens is 2. The molecule has 0 radical (unpaired) electrons. The van der Waals surface area contributed by atoms with E-state index < -0.39 is 0 Å². The Morgan fingerprint density at radius 3 is 2.57 bits per heavy atom. The molecule has 0 spiro atoms. The van der Waals surface area contributed by atoms with Gasteiger partial charge in [-0.15, -0.1) is 0 Å². The van der Waals surface area contributed by atoms with Gasteiger partial charge in [-0.1, -0.05) is 54.1 Å². The first-order valence-electron chi connectivity index (χ1n) is 7.64. The van der Waals surface area contributed by atoms with Gasteiger partial charge < -0.3 is 4.90 Å². The molecule has 0 unspecified atom stereocenters. The van der Waals surface area contributed by atoms with E-state index >= 15 is 0 Å². The van der Waals surface area contributed by atoms with E-state index in [1.165, 1.54) is 0 Å². The fourth-order valence-electron chi connectivity index (χ4n) is 2.47. The minimum Gasteiger partial charge on any atom is -0.335 e. The highest BCUT2D eigenvalue weighted by molar-refractivity contribution is 6.33. The quantitative estimate of drug-likeness (QED) is 0.752. The van der Waals surface area contributed by atoms with Gasteiger partial charge in [0.25, 0.3) is 5.91 Å². The number of halogens is 1. The van der Waals surface area contributed by atoms with Crippen LogP contribution in [0, 0.1) is 6.92 Å². The summed E-state index contributed by atoms with van der Waals surface area (Å²) in [6.07, 6.45) is 0. The summed E-state index contributed by atoms with van der Waals surface area (Å²) in [6.45, 7) is 11.2. The maximum atomic E-state index is 12.8. The average Bonchev–Trinajstić information content (AvgIpc) is 2.79. The molecule has 4 nitrogen and oxygen atoms in total. The van der Waals surface area contributed by atoms with Crippen molar-refractivity contribution in [2.45, 2.75) is 27.3 Å². The number of nitrogens with zero attached hydrogens (tertiary/aromatic N) is 3. The van der Waals surface area contributed by atoms with E-state index in [-0.39, 0.29) is 5.91 Å². The molecule has 1 aromatic carbocycles. The predicted molar refractivity (Wildman–Crippen MR) is 93.9 cm³/mol. The van der Waals surface area contributed by atoms with E-state index in [0.29, 0.717) is 36.0 Å². The molecule has 1 amide bonds. The third-order valence-corrected chi connectivity index (χ3v) is 3.97. The molecule has 2 aromatic rings. The van der Waals surface area contributed by atoms with Crippen LogP contribution in [-0.4, -0.2) is 33.7 Å². The number of carbonyl (C=O) groups excluding carboxylic acids is 1. The van der Waals surface area contributed by atoms with Gasteiger partial charge in [-0.3, -0.25) is 4.79 Å². The van der Waals surface area contributed by atoms with Crippen LogP contribution in [0.1, 0.15) is 35.5 Å². The summed E-state index contributed by atoms with van der Waals surface area (Å²) in [5, 5.41) is 4.82. The summed E-state index contributed by atoms with van der Waals surface area (Å²) in [7, 11) is 0. The molecule has 0 saturated heterocycles. The largest absolute Gasteiger partial charge is 0.335 e. The lowest BCUT2D eigenvalue weighted by Crippen LogP contribution is -2.32. The second-order valence-electron chi connectivity index (χ2n) is 5.67. The lowest BCUT2D eigenvalue weighted by molar-refractivity contribution is 0.0777. The first-order chi connectivity index (χ1) is 10.9. The summed E-state index contributed by atoms with van der Waals surface area (Å²) in [4.78, 5) is 14.5. The molecule has 0 fully saturated rings. The van der Waals surface area contributed by atoms with Crippen molar-refractivity contribution < 1.29 is 4.79 Å². The molecule has 0 aliphatic carbocycles. The van der Waals surface area contributed by atoms with Gasteiger partial charge in [-0.05, 0) is 26.3 Å². The second-order valence-corrected chi connectivity index (χ2v) is 6.03. The standard InChI is InChI=1S/C18H22ClN3O/c1-5-21(11-13(2)3)18(23)16-14(4)20-22(17(16)19)12-15-9-7-6-8-10-15/h6-10H,2,5,11-12H2,1,3-4H3. The Bertz CT molecular complexity index is 707. The molecular formula is C18H22ClN3O. The molecule has 2 rings (SSSR count). The highest BCUT2D eigenvalue weighted by atomic mass is 35.5. The van der Waals surface area contributed by atoms with Gasteiger partial charge in [0.2, 0.25) is 0 Å². The SMILES string of the molecule is C=C(C)CN(CC)C(=O)c1c(C)nn(Cc2ccccc2)c1Cl. The normalized spacial score (nSPS) is 10.6. The number of hydrogen-bond acceptors (Lipinski definition) is 2. The molecular weight excluding hydrogens is 310 g/mol. The van der Waals surface area contributed by atoms with Crippen LogP contribution >= 0.6 is 11.6 Å². The van der Waals surface area contributed by atoms with E-state index in [2.05, 4.69) is 11.7 Å². The highest BCUT2D eigenvalue weighted by Crippen LogP contribution is 2.23. The summed E-state index contributed by atoms with van der Waals surface area (Å²) >= 11 is 6.44. The first-order valence-corrected chi connectivity index (χ1v) is 8.02. The molecule has 0 aliphatic heterocycles. The molecule has 0 saturated carbocycles. The Morgan fingerprint density at radius 2 is 2.00 bits per heavy atom. The van der Waals surface area contributed by atoms with Gasteiger partial charge in [0, 0.05) is 13.1 Å². The Morgan fingerprint density at radius 1 is 1.35 bits per heavy atom. The van der Waals surface area contributed by atoms with Crippen LogP contribution in [0.4, 0.5) is 0 Å². The number of aryl methyl sites for hydroxylation is 1. The number of rotatable bonds is 6. The average molecular weight is 332 g/mol. The molecule has 0 N–H and O–H groups in total. The minimum absolute atomic E-state index is 0.0997. The topological polar surface area (TPSA) is 38.1 Å². The zero-order chi connectivity index (χ0) is 17.0. The lowest BCUT2D eigenvalue weighted by atomic mass is 10.2. The van der Waals surface area contributed by atoms with E-state index in [0.717, 1.165) is 11.1 Å². The number of likely N-dealkylation sites (N-methyl/N-ethyl adjacent to an activating group) is 1. The smallest absolute Gasteiger partial charge is 0.259 e. The van der Waals surface area contributed by atoms with Gasteiger partial charge in [0.1, 0.15) is 5.15 Å². The highest BCUT2D eigenvalue weighted by Gasteiger charge is 2.24. The zero-order valence-electron chi connectivity index (χ0n) is 13.8. The van der Waals surface area contributed by atoms with Gasteiger partial charge in [0.05, 0.1) is 17.8 Å². The summed E-state index contributed by atoms with van der Waals surface area (Å²) < 4.78 is 1.67. The molecule has 0 bridgehead atoms. The zero-order valence-corrected chi connectivity index (χ0v) is 14.6. The molecule has 0 atom stereocenters. The molecule has 0 aliphatic rings. The van der Waals surface area contributed by atoms with Gasteiger partial charge in [-0.2, -0.15) is 5.10 Å². The molecule has 5 heteroatoms. The minimum atomic E-state index is -0.0997. The monoisotopic (exact) mass is 331 g/mol. The van der Waals surface area contributed by atoms with Crippen LogP contribution < -0.4 is 0 Å². The van der Waals surface area contributed by atoms with E-state index in [1.807, 2.05) is 51.1 Å². The summed E-state index contributed by atoms with van der Waals surface area (Å²) in [6, 6.07) is 9.92. The van der Waals surface area contributed by atoms with Crippen LogP contribution in [-0.2, 0) is 6.54 Å². The van der Waals surface area contributed by atoms with Crippen LogP contribution in [0.5, 0.6) is 0 Å². The van der Waals surface area contributed by atoms with Crippen LogP contribution in [0.15, 0.2) is 42.5 Å². The van der Waals surface area contributed by atoms with Crippen molar-refractivity contribution in [3.8, 4) is 0 Å². The van der Waals surface area contributed by atoms with Gasteiger partial charge >= 0.3 is 0 Å². The van der Waals surface area contributed by atoms with E-state index in [4.69, 9.17) is 11.6 Å². The van der Waals surface area contributed by atoms with Gasteiger partial charge in [-0.25, -0.2) is 4.68 Å². The number of carbonyl (C=O) groups is 1. The van der Waals surface area contributed by atoms with Gasteiger partial charge in [0.15, 0.2) is 0 Å². The van der Waals surface area contributed by atoms with Crippen molar-refractivity contribution in [3.63, 3.8) is 0 Å². The Balaban J connectivity index is 2.30. The molecule has 122 valence electrons. The van der Waals surface area contributed by atoms with Crippen molar-refractivity contribution in [3.05, 3.63) is 64.5 Å². The Kier molecular flexibility index (Phi) is 5.61. The lowest BCUT2D eigenvalue weighted by Gasteiger charge is -2.20. The van der Waals surface area contributed by atoms with Crippen molar-refractivity contribution >= 4 is 17.5 Å². The van der Waals surface area contributed by atoms with Crippen LogP contribution in [0.2, 0.25) is 5.15 Å². The van der Waals surface area contributed by atoms with Crippen LogP contribution in [0.25, 0.3) is 0 Å². The fourth-order valence-corrected chi connectivity index (χ4v) is 2.78. The fraction of sp³-hybridized carbons (Fsp3) is 0.333. The first kappa shape index (κ1) is 17.3. The molecule has 1 heterocycles. The van der Waals surface area contributed by atoms with Crippen molar-refractivity contribution in [1.82, 2.24) is 14.7 Å². The number of hydrogen-bond donors (Lipinski definition) is 0. The van der Waals surface area contributed by atoms with Crippen molar-refractivity contribution in [2.75, 3.05) is 13.1 Å². The van der Waals surface area contributed by atoms with E-state index in [1.54, 1.807) is 9.58 Å². The van der Waals surface area contributed by atoms with Crippen LogP contribution in [0.3, 0.4) is 0 Å². The second kappa shape index (κ2) is 7.47. The third kappa shape index (κ3) is 4.02. The summed E-state index contributed by atoms with van der Waals surface area (Å²) in [5.41, 5.74) is 3.15.